The molecule has 2 aromatic heterocycles. The van der Waals surface area contributed by atoms with Crippen LogP contribution in [-0.4, -0.2) is 19.9 Å². The lowest BCUT2D eigenvalue weighted by molar-refractivity contribution is 1.07. The lowest BCUT2D eigenvalue weighted by atomic mass is 9.86. The highest BCUT2D eigenvalue weighted by Crippen LogP contribution is 2.42. The second-order valence-corrected chi connectivity index (χ2v) is 12.7. The zero-order valence-electron chi connectivity index (χ0n) is 28.4. The number of aromatic nitrogens is 4. The molecule has 0 bridgehead atoms. The third-order valence-corrected chi connectivity index (χ3v) is 9.69. The van der Waals surface area contributed by atoms with Crippen LogP contribution in [-0.2, 0) is 0 Å². The van der Waals surface area contributed by atoms with Gasteiger partial charge in [-0.2, -0.15) is 0 Å². The van der Waals surface area contributed by atoms with E-state index in [-0.39, 0.29) is 0 Å². The van der Waals surface area contributed by atoms with Crippen molar-refractivity contribution in [3.63, 3.8) is 0 Å². The first-order valence-corrected chi connectivity index (χ1v) is 17.3. The third-order valence-electron chi connectivity index (χ3n) is 9.69. The second-order valence-electron chi connectivity index (χ2n) is 12.7. The molecule has 9 rings (SSSR count). The SMILES string of the molecule is C=Cc1c(C=C)c2cccc(-c3cc(-c4nc(-c5ccccc5)nc(-c5ccccc5)n4)cc(-c4nccc5ccccc45)c3)c2c2ccccc12. The summed E-state index contributed by atoms with van der Waals surface area (Å²) in [4.78, 5) is 20.2. The Balaban J connectivity index is 1.37. The predicted molar refractivity (Wildman–Crippen MR) is 218 cm³/mol. The molecule has 52 heavy (non-hydrogen) atoms. The number of hydrogen-bond acceptors (Lipinski definition) is 4. The van der Waals surface area contributed by atoms with E-state index in [1.807, 2.05) is 79.0 Å². The fourth-order valence-corrected chi connectivity index (χ4v) is 7.31. The molecule has 0 aliphatic carbocycles. The van der Waals surface area contributed by atoms with Gasteiger partial charge in [0.25, 0.3) is 0 Å². The van der Waals surface area contributed by atoms with Gasteiger partial charge in [-0.05, 0) is 73.5 Å². The van der Waals surface area contributed by atoms with Crippen LogP contribution in [0.15, 0.2) is 171 Å². The van der Waals surface area contributed by atoms with Crippen molar-refractivity contribution in [2.24, 2.45) is 0 Å². The van der Waals surface area contributed by atoms with Crippen molar-refractivity contribution in [1.29, 1.82) is 0 Å². The average molecular weight is 665 g/mol. The molecule has 0 unspecified atom stereocenters. The Labute approximate surface area is 302 Å². The molecule has 0 spiro atoms. The van der Waals surface area contributed by atoms with Crippen LogP contribution < -0.4 is 0 Å². The summed E-state index contributed by atoms with van der Waals surface area (Å²) in [7, 11) is 0. The monoisotopic (exact) mass is 664 g/mol. The van der Waals surface area contributed by atoms with Crippen LogP contribution in [0.3, 0.4) is 0 Å². The van der Waals surface area contributed by atoms with Gasteiger partial charge in [-0.15, -0.1) is 0 Å². The summed E-state index contributed by atoms with van der Waals surface area (Å²) >= 11 is 0. The van der Waals surface area contributed by atoms with Gasteiger partial charge in [0, 0.05) is 33.8 Å². The van der Waals surface area contributed by atoms with Crippen LogP contribution in [0.1, 0.15) is 11.1 Å². The average Bonchev–Trinajstić information content (AvgIpc) is 3.23. The van der Waals surface area contributed by atoms with E-state index in [0.29, 0.717) is 17.5 Å². The van der Waals surface area contributed by atoms with E-state index >= 15 is 0 Å². The Morgan fingerprint density at radius 1 is 0.404 bits per heavy atom. The Morgan fingerprint density at radius 3 is 1.60 bits per heavy atom. The van der Waals surface area contributed by atoms with Gasteiger partial charge in [0.15, 0.2) is 17.5 Å². The van der Waals surface area contributed by atoms with Crippen molar-refractivity contribution in [2.75, 3.05) is 0 Å². The second kappa shape index (κ2) is 13.0. The Bertz CT molecular complexity index is 2760. The molecule has 7 aromatic carbocycles. The molecule has 0 saturated heterocycles. The summed E-state index contributed by atoms with van der Waals surface area (Å²) in [6.07, 6.45) is 5.76. The van der Waals surface area contributed by atoms with Crippen LogP contribution in [0.4, 0.5) is 0 Å². The molecular formula is C48H32N4. The number of nitrogens with zero attached hydrogens (tertiary/aromatic N) is 4. The fourth-order valence-electron chi connectivity index (χ4n) is 7.31. The van der Waals surface area contributed by atoms with Gasteiger partial charge in [0.1, 0.15) is 0 Å². The van der Waals surface area contributed by atoms with Crippen molar-refractivity contribution in [3.05, 3.63) is 182 Å². The number of pyridine rings is 1. The van der Waals surface area contributed by atoms with Gasteiger partial charge < -0.3 is 0 Å². The smallest absolute Gasteiger partial charge is 0.164 e. The van der Waals surface area contributed by atoms with Gasteiger partial charge >= 0.3 is 0 Å². The Kier molecular flexibility index (Phi) is 7.75. The molecule has 0 aliphatic rings. The maximum atomic E-state index is 5.13. The van der Waals surface area contributed by atoms with E-state index in [2.05, 4.69) is 104 Å². The van der Waals surface area contributed by atoms with E-state index in [4.69, 9.17) is 19.9 Å². The van der Waals surface area contributed by atoms with E-state index < -0.39 is 0 Å². The van der Waals surface area contributed by atoms with Crippen LogP contribution in [0, 0.1) is 0 Å². The minimum atomic E-state index is 0.585. The van der Waals surface area contributed by atoms with E-state index in [1.54, 1.807) is 0 Å². The van der Waals surface area contributed by atoms with Crippen molar-refractivity contribution < 1.29 is 0 Å². The van der Waals surface area contributed by atoms with Gasteiger partial charge in [0.05, 0.1) is 5.69 Å². The van der Waals surface area contributed by atoms with E-state index in [0.717, 1.165) is 82.5 Å². The molecular weight excluding hydrogens is 633 g/mol. The zero-order valence-corrected chi connectivity index (χ0v) is 28.4. The molecule has 4 nitrogen and oxygen atoms in total. The molecule has 0 saturated carbocycles. The number of hydrogen-bond donors (Lipinski definition) is 0. The molecule has 0 fully saturated rings. The first kappa shape index (κ1) is 31.0. The summed E-state index contributed by atoms with van der Waals surface area (Å²) in [6, 6.07) is 52.2. The first-order valence-electron chi connectivity index (χ1n) is 17.3. The summed E-state index contributed by atoms with van der Waals surface area (Å²) in [5, 5.41) is 6.76. The molecule has 9 aromatic rings. The van der Waals surface area contributed by atoms with Crippen molar-refractivity contribution in [3.8, 4) is 56.5 Å². The maximum absolute atomic E-state index is 5.13. The summed E-state index contributed by atoms with van der Waals surface area (Å²) in [5.41, 5.74) is 8.85. The topological polar surface area (TPSA) is 51.6 Å². The lowest BCUT2D eigenvalue weighted by Crippen LogP contribution is -2.01. The van der Waals surface area contributed by atoms with Crippen molar-refractivity contribution in [1.82, 2.24) is 19.9 Å². The molecule has 0 aliphatic heterocycles. The zero-order chi connectivity index (χ0) is 35.0. The summed E-state index contributed by atoms with van der Waals surface area (Å²) in [5.74, 6) is 1.81. The molecule has 0 atom stereocenters. The number of fused-ring (bicyclic) bond motifs is 4. The highest BCUT2D eigenvalue weighted by atomic mass is 15.0. The highest BCUT2D eigenvalue weighted by Gasteiger charge is 2.19. The summed E-state index contributed by atoms with van der Waals surface area (Å²) in [6.45, 7) is 8.40. The fraction of sp³-hybridized carbons (Fsp3) is 0. The lowest BCUT2D eigenvalue weighted by Gasteiger charge is -2.18. The molecule has 244 valence electrons. The predicted octanol–water partition coefficient (Wildman–Crippen LogP) is 12.3. The number of benzene rings is 7. The number of rotatable bonds is 7. The quantitative estimate of drug-likeness (QED) is 0.159. The van der Waals surface area contributed by atoms with Crippen molar-refractivity contribution in [2.45, 2.75) is 0 Å². The van der Waals surface area contributed by atoms with E-state index in [9.17, 15) is 0 Å². The van der Waals surface area contributed by atoms with Crippen molar-refractivity contribution >= 4 is 44.5 Å². The van der Waals surface area contributed by atoms with Gasteiger partial charge in [-0.1, -0.05) is 153 Å². The molecule has 0 radical (unpaired) electrons. The standard InChI is InChI=1S/C48H32N4/c1-3-37-38(4-2)42-25-15-24-39(44(42)43-23-14-13-22-41(37)43)34-28-35(45-40-21-12-11-16-31(40)26-27-49-45)30-36(29-34)48-51-46(32-17-7-5-8-18-32)50-47(52-48)33-19-9-6-10-20-33/h3-30H,1-2H2. The highest BCUT2D eigenvalue weighted by molar-refractivity contribution is 6.20. The normalized spacial score (nSPS) is 11.2. The minimum absolute atomic E-state index is 0.585. The third kappa shape index (κ3) is 5.34. The molecule has 0 amide bonds. The van der Waals surface area contributed by atoms with Gasteiger partial charge in [-0.3, -0.25) is 4.98 Å². The maximum Gasteiger partial charge on any atom is 0.164 e. The molecule has 4 heteroatoms. The minimum Gasteiger partial charge on any atom is -0.256 e. The molecule has 0 N–H and O–H groups in total. The van der Waals surface area contributed by atoms with Crippen LogP contribution in [0.5, 0.6) is 0 Å². The first-order chi connectivity index (χ1) is 25.7. The Hall–Kier alpha value is -7.04. The van der Waals surface area contributed by atoms with Gasteiger partial charge in [-0.25, -0.2) is 15.0 Å². The van der Waals surface area contributed by atoms with Crippen LogP contribution in [0.2, 0.25) is 0 Å². The van der Waals surface area contributed by atoms with Crippen LogP contribution >= 0.6 is 0 Å². The summed E-state index contributed by atoms with van der Waals surface area (Å²) < 4.78 is 0. The molecule has 2 heterocycles. The largest absolute Gasteiger partial charge is 0.256 e. The Morgan fingerprint density at radius 2 is 0.923 bits per heavy atom. The van der Waals surface area contributed by atoms with Crippen LogP contribution in [0.25, 0.3) is 101 Å². The van der Waals surface area contributed by atoms with E-state index in [1.165, 1.54) is 0 Å². The van der Waals surface area contributed by atoms with Gasteiger partial charge in [0.2, 0.25) is 0 Å².